The van der Waals surface area contributed by atoms with Crippen molar-refractivity contribution in [3.8, 4) is 0 Å². The van der Waals surface area contributed by atoms with E-state index in [2.05, 4.69) is 0 Å². The molecule has 0 unspecified atom stereocenters. The van der Waals surface area contributed by atoms with Crippen molar-refractivity contribution in [3.05, 3.63) is 0 Å². The molecule has 0 spiro atoms. The van der Waals surface area contributed by atoms with Gasteiger partial charge in [-0.3, -0.25) is 0 Å². The van der Waals surface area contributed by atoms with Gasteiger partial charge in [0.2, 0.25) is 0 Å². The number of ether oxygens (including phenoxy) is 1. The average molecular weight is 132 g/mol. The van der Waals surface area contributed by atoms with Crippen molar-refractivity contribution < 1.29 is 9.84 Å². The molecule has 9 heavy (non-hydrogen) atoms. The van der Waals surface area contributed by atoms with E-state index in [0.717, 1.165) is 0 Å². The zero-order valence-electron chi connectivity index (χ0n) is 5.21. The van der Waals surface area contributed by atoms with Crippen molar-refractivity contribution in [2.75, 3.05) is 19.8 Å². The van der Waals surface area contributed by atoms with E-state index in [-0.39, 0.29) is 12.0 Å². The standard InChI is InChI=1S/C5H12N2O2/c6-4(7)5(1-8)2-9-3-5/h4,8H,1-3,6-7H2. The van der Waals surface area contributed by atoms with Gasteiger partial charge in [0, 0.05) is 0 Å². The Morgan fingerprint density at radius 2 is 2.11 bits per heavy atom. The third-order valence-corrected chi connectivity index (χ3v) is 1.80. The summed E-state index contributed by atoms with van der Waals surface area (Å²) in [6.45, 7) is 0.993. The Hall–Kier alpha value is -0.160. The molecule has 1 aliphatic rings. The fraction of sp³-hybridized carbons (Fsp3) is 1.00. The molecule has 0 aliphatic carbocycles. The first-order valence-corrected chi connectivity index (χ1v) is 2.91. The van der Waals surface area contributed by atoms with Gasteiger partial charge in [0.15, 0.2) is 0 Å². The number of nitrogens with two attached hydrogens (primary N) is 2. The minimum absolute atomic E-state index is 0.0185. The Morgan fingerprint density at radius 1 is 1.56 bits per heavy atom. The van der Waals surface area contributed by atoms with Crippen molar-refractivity contribution in [3.63, 3.8) is 0 Å². The number of hydrogen-bond donors (Lipinski definition) is 3. The Morgan fingerprint density at radius 3 is 2.11 bits per heavy atom. The van der Waals surface area contributed by atoms with Crippen molar-refractivity contribution in [2.24, 2.45) is 16.9 Å². The van der Waals surface area contributed by atoms with Gasteiger partial charge in [0.25, 0.3) is 0 Å². The molecule has 0 aromatic rings. The predicted molar refractivity (Wildman–Crippen MR) is 32.5 cm³/mol. The largest absolute Gasteiger partial charge is 0.395 e. The zero-order chi connectivity index (χ0) is 6.91. The molecule has 54 valence electrons. The lowest BCUT2D eigenvalue weighted by molar-refractivity contribution is -0.148. The minimum Gasteiger partial charge on any atom is -0.395 e. The first-order chi connectivity index (χ1) is 4.21. The molecule has 1 heterocycles. The van der Waals surface area contributed by atoms with E-state index in [4.69, 9.17) is 21.3 Å². The van der Waals surface area contributed by atoms with Crippen molar-refractivity contribution >= 4 is 0 Å². The van der Waals surface area contributed by atoms with Gasteiger partial charge in [-0.1, -0.05) is 0 Å². The van der Waals surface area contributed by atoms with Crippen LogP contribution >= 0.6 is 0 Å². The van der Waals surface area contributed by atoms with Gasteiger partial charge < -0.3 is 21.3 Å². The molecule has 1 fully saturated rings. The van der Waals surface area contributed by atoms with E-state index >= 15 is 0 Å². The van der Waals surface area contributed by atoms with Crippen molar-refractivity contribution in [1.29, 1.82) is 0 Å². The van der Waals surface area contributed by atoms with E-state index < -0.39 is 6.17 Å². The van der Waals surface area contributed by atoms with Crippen LogP contribution in [-0.4, -0.2) is 31.1 Å². The van der Waals surface area contributed by atoms with E-state index in [1.165, 1.54) is 0 Å². The van der Waals surface area contributed by atoms with Gasteiger partial charge in [-0.2, -0.15) is 0 Å². The van der Waals surface area contributed by atoms with Crippen LogP contribution in [-0.2, 0) is 4.74 Å². The maximum absolute atomic E-state index is 8.77. The second kappa shape index (κ2) is 2.22. The lowest BCUT2D eigenvalue weighted by Crippen LogP contribution is -2.61. The SMILES string of the molecule is NC(N)C1(CO)COC1. The number of aliphatic hydroxyl groups is 1. The number of hydrogen-bond acceptors (Lipinski definition) is 4. The quantitative estimate of drug-likeness (QED) is 0.389. The van der Waals surface area contributed by atoms with Gasteiger partial charge >= 0.3 is 0 Å². The Balaban J connectivity index is 2.46. The normalized spacial score (nSPS) is 24.0. The van der Waals surface area contributed by atoms with Crippen molar-refractivity contribution in [2.45, 2.75) is 6.17 Å². The molecule has 0 amide bonds. The van der Waals surface area contributed by atoms with Crippen LogP contribution in [0.4, 0.5) is 0 Å². The van der Waals surface area contributed by atoms with Crippen LogP contribution in [0.1, 0.15) is 0 Å². The highest BCUT2D eigenvalue weighted by atomic mass is 16.5. The molecule has 1 saturated heterocycles. The Labute approximate surface area is 53.8 Å². The summed E-state index contributed by atoms with van der Waals surface area (Å²) in [5.74, 6) is 0. The van der Waals surface area contributed by atoms with E-state index in [1.54, 1.807) is 0 Å². The second-order valence-corrected chi connectivity index (χ2v) is 2.54. The van der Waals surface area contributed by atoms with E-state index in [0.29, 0.717) is 13.2 Å². The topological polar surface area (TPSA) is 81.5 Å². The highest BCUT2D eigenvalue weighted by Crippen LogP contribution is 2.27. The lowest BCUT2D eigenvalue weighted by Gasteiger charge is -2.42. The molecular weight excluding hydrogens is 120 g/mol. The summed E-state index contributed by atoms with van der Waals surface area (Å²) >= 11 is 0. The van der Waals surface area contributed by atoms with Crippen LogP contribution in [0.25, 0.3) is 0 Å². The van der Waals surface area contributed by atoms with Crippen LogP contribution in [0.2, 0.25) is 0 Å². The molecule has 0 aromatic carbocycles. The smallest absolute Gasteiger partial charge is 0.0681 e. The summed E-state index contributed by atoms with van der Waals surface area (Å²) in [4.78, 5) is 0. The molecule has 0 bridgehead atoms. The maximum Gasteiger partial charge on any atom is 0.0681 e. The summed E-state index contributed by atoms with van der Waals surface area (Å²) in [6.07, 6.45) is -0.462. The van der Waals surface area contributed by atoms with E-state index in [1.807, 2.05) is 0 Å². The van der Waals surface area contributed by atoms with Crippen molar-refractivity contribution in [1.82, 2.24) is 0 Å². The van der Waals surface area contributed by atoms with Crippen LogP contribution in [0.15, 0.2) is 0 Å². The number of aliphatic hydroxyl groups excluding tert-OH is 1. The summed E-state index contributed by atoms with van der Waals surface area (Å²) in [6, 6.07) is 0. The third kappa shape index (κ3) is 0.943. The van der Waals surface area contributed by atoms with Gasteiger partial charge in [-0.15, -0.1) is 0 Å². The molecule has 1 aliphatic heterocycles. The summed E-state index contributed by atoms with van der Waals surface area (Å²) in [5.41, 5.74) is 10.4. The summed E-state index contributed by atoms with van der Waals surface area (Å²) < 4.78 is 4.87. The minimum atomic E-state index is -0.462. The van der Waals surface area contributed by atoms with Crippen LogP contribution in [0.3, 0.4) is 0 Å². The third-order valence-electron chi connectivity index (χ3n) is 1.80. The molecule has 5 N–H and O–H groups in total. The van der Waals surface area contributed by atoms with Crippen LogP contribution in [0.5, 0.6) is 0 Å². The highest BCUT2D eigenvalue weighted by molar-refractivity contribution is 4.90. The fourth-order valence-corrected chi connectivity index (χ4v) is 0.753. The lowest BCUT2D eigenvalue weighted by atomic mass is 9.84. The van der Waals surface area contributed by atoms with Gasteiger partial charge in [0.1, 0.15) is 0 Å². The Bertz CT molecular complexity index is 95.6. The van der Waals surface area contributed by atoms with Crippen LogP contribution in [0, 0.1) is 5.41 Å². The Kier molecular flexibility index (Phi) is 1.72. The highest BCUT2D eigenvalue weighted by Gasteiger charge is 2.42. The summed E-state index contributed by atoms with van der Waals surface area (Å²) in [5, 5.41) is 8.77. The molecule has 4 nitrogen and oxygen atoms in total. The summed E-state index contributed by atoms with van der Waals surface area (Å²) in [7, 11) is 0. The predicted octanol–water partition coefficient (Wildman–Crippen LogP) is -1.76. The van der Waals surface area contributed by atoms with Gasteiger partial charge in [-0.25, -0.2) is 0 Å². The average Bonchev–Trinajstić information content (AvgIpc) is 1.62. The van der Waals surface area contributed by atoms with Gasteiger partial charge in [0.05, 0.1) is 31.4 Å². The zero-order valence-corrected chi connectivity index (χ0v) is 5.21. The molecule has 0 radical (unpaired) electrons. The molecule has 0 atom stereocenters. The first-order valence-electron chi connectivity index (χ1n) is 2.91. The molecule has 0 aromatic heterocycles. The van der Waals surface area contributed by atoms with Gasteiger partial charge in [-0.05, 0) is 0 Å². The monoisotopic (exact) mass is 132 g/mol. The molecule has 1 rings (SSSR count). The second-order valence-electron chi connectivity index (χ2n) is 2.54. The molecule has 0 saturated carbocycles. The fourth-order valence-electron chi connectivity index (χ4n) is 0.753. The number of rotatable bonds is 2. The maximum atomic E-state index is 8.77. The van der Waals surface area contributed by atoms with E-state index in [9.17, 15) is 0 Å². The molecule has 4 heteroatoms. The molecular formula is C5H12N2O2. The first kappa shape index (κ1) is 6.95. The van der Waals surface area contributed by atoms with Crippen LogP contribution < -0.4 is 11.5 Å².